The summed E-state index contributed by atoms with van der Waals surface area (Å²) in [4.78, 5) is 0. The molecule has 0 bridgehead atoms. The number of hydrogen-bond acceptors (Lipinski definition) is 3. The average molecular weight is 313 g/mol. The Hall–Kier alpha value is -1.07. The van der Waals surface area contributed by atoms with Gasteiger partial charge in [0, 0.05) is 5.92 Å². The lowest BCUT2D eigenvalue weighted by Gasteiger charge is -2.23. The van der Waals surface area contributed by atoms with Crippen LogP contribution in [-0.4, -0.2) is 20.8 Å². The molecule has 0 aliphatic rings. The molecule has 1 rings (SSSR count). The van der Waals surface area contributed by atoms with Crippen LogP contribution in [0.5, 0.6) is 5.75 Å². The molecule has 0 aliphatic carbocycles. The maximum atomic E-state index is 11.1. The molecular weight excluding hydrogens is 286 g/mol. The minimum atomic E-state index is -3.45. The predicted molar refractivity (Wildman–Crippen MR) is 87.0 cm³/mol. The first kappa shape index (κ1) is 18.0. The molecule has 0 aromatic heterocycles. The number of ether oxygens (including phenoxy) is 1. The Kier molecular flexibility index (Phi) is 6.23. The van der Waals surface area contributed by atoms with Gasteiger partial charge < -0.3 is 4.74 Å². The first-order valence-electron chi connectivity index (χ1n) is 7.41. The van der Waals surface area contributed by atoms with Gasteiger partial charge in [-0.3, -0.25) is 0 Å². The van der Waals surface area contributed by atoms with Crippen LogP contribution in [0, 0.1) is 5.92 Å². The van der Waals surface area contributed by atoms with E-state index in [0.717, 1.165) is 18.6 Å². The molecule has 21 heavy (non-hydrogen) atoms. The standard InChI is InChI=1S/C16H27NO3S/c1-5-13(12-21(17,18)19)11-20-15-9-7-14(8-10-15)16(3,4)6-2/h7-10,13H,5-6,11-12H2,1-4H3,(H2,17,18,19). The summed E-state index contributed by atoms with van der Waals surface area (Å²) in [7, 11) is -3.45. The van der Waals surface area contributed by atoms with Crippen molar-refractivity contribution in [3.05, 3.63) is 29.8 Å². The van der Waals surface area contributed by atoms with E-state index >= 15 is 0 Å². The highest BCUT2D eigenvalue weighted by Gasteiger charge is 2.18. The van der Waals surface area contributed by atoms with E-state index in [-0.39, 0.29) is 17.1 Å². The normalized spacial score (nSPS) is 14.0. The fraction of sp³-hybridized carbons (Fsp3) is 0.625. The third kappa shape index (κ3) is 6.06. The minimum absolute atomic E-state index is 0.0373. The zero-order valence-corrected chi connectivity index (χ0v) is 14.2. The first-order chi connectivity index (χ1) is 9.68. The second kappa shape index (κ2) is 7.27. The summed E-state index contributed by atoms with van der Waals surface area (Å²) in [6.45, 7) is 8.89. The van der Waals surface area contributed by atoms with Crippen molar-refractivity contribution in [2.24, 2.45) is 11.1 Å². The summed E-state index contributed by atoms with van der Waals surface area (Å²) in [6.07, 6.45) is 1.79. The highest BCUT2D eigenvalue weighted by Crippen LogP contribution is 2.28. The van der Waals surface area contributed by atoms with Crippen molar-refractivity contribution in [2.45, 2.75) is 46.0 Å². The van der Waals surface area contributed by atoms with E-state index in [9.17, 15) is 8.42 Å². The molecule has 2 N–H and O–H groups in total. The largest absolute Gasteiger partial charge is 0.493 e. The van der Waals surface area contributed by atoms with Crippen LogP contribution >= 0.6 is 0 Å². The van der Waals surface area contributed by atoms with Crippen LogP contribution in [0.25, 0.3) is 0 Å². The minimum Gasteiger partial charge on any atom is -0.493 e. The van der Waals surface area contributed by atoms with Gasteiger partial charge in [-0.1, -0.05) is 39.8 Å². The van der Waals surface area contributed by atoms with Gasteiger partial charge in [-0.05, 0) is 36.0 Å². The highest BCUT2D eigenvalue weighted by molar-refractivity contribution is 7.89. The van der Waals surface area contributed by atoms with Crippen molar-refractivity contribution in [3.8, 4) is 5.75 Å². The van der Waals surface area contributed by atoms with Gasteiger partial charge >= 0.3 is 0 Å². The Morgan fingerprint density at radius 2 is 1.76 bits per heavy atom. The number of benzene rings is 1. The lowest BCUT2D eigenvalue weighted by Crippen LogP contribution is -2.26. The van der Waals surface area contributed by atoms with Gasteiger partial charge in [0.2, 0.25) is 10.0 Å². The third-order valence-corrected chi connectivity index (χ3v) is 4.99. The van der Waals surface area contributed by atoms with Crippen molar-refractivity contribution < 1.29 is 13.2 Å². The summed E-state index contributed by atoms with van der Waals surface area (Å²) in [5.74, 6) is 0.648. The van der Waals surface area contributed by atoms with Crippen LogP contribution in [0.1, 0.15) is 46.1 Å². The van der Waals surface area contributed by atoms with Gasteiger partial charge in [0.15, 0.2) is 0 Å². The lowest BCUT2D eigenvalue weighted by atomic mass is 9.82. The van der Waals surface area contributed by atoms with Crippen molar-refractivity contribution in [1.82, 2.24) is 0 Å². The molecule has 0 heterocycles. The predicted octanol–water partition coefficient (Wildman–Crippen LogP) is 3.07. The molecule has 0 saturated carbocycles. The Balaban J connectivity index is 2.64. The second-order valence-corrected chi connectivity index (χ2v) is 7.84. The molecule has 5 heteroatoms. The maximum Gasteiger partial charge on any atom is 0.209 e. The zero-order chi connectivity index (χ0) is 16.1. The number of nitrogens with two attached hydrogens (primary N) is 1. The fourth-order valence-corrected chi connectivity index (χ4v) is 3.02. The van der Waals surface area contributed by atoms with Crippen LogP contribution in [0.15, 0.2) is 24.3 Å². The average Bonchev–Trinajstić information content (AvgIpc) is 2.42. The Morgan fingerprint density at radius 1 is 1.19 bits per heavy atom. The van der Waals surface area contributed by atoms with Gasteiger partial charge in [0.05, 0.1) is 12.4 Å². The molecular formula is C16H27NO3S. The number of primary sulfonamides is 1. The summed E-state index contributed by atoms with van der Waals surface area (Å²) < 4.78 is 27.9. The van der Waals surface area contributed by atoms with Crippen LogP contribution < -0.4 is 9.88 Å². The van der Waals surface area contributed by atoms with Crippen molar-refractivity contribution in [2.75, 3.05) is 12.4 Å². The van der Waals surface area contributed by atoms with Crippen LogP contribution in [0.3, 0.4) is 0 Å². The maximum absolute atomic E-state index is 11.1. The number of hydrogen-bond donors (Lipinski definition) is 1. The molecule has 0 fully saturated rings. The van der Waals surface area contributed by atoms with Gasteiger partial charge in [-0.2, -0.15) is 0 Å². The smallest absolute Gasteiger partial charge is 0.209 e. The zero-order valence-electron chi connectivity index (χ0n) is 13.4. The Labute approximate surface area is 128 Å². The highest BCUT2D eigenvalue weighted by atomic mass is 32.2. The lowest BCUT2D eigenvalue weighted by molar-refractivity contribution is 0.257. The summed E-state index contributed by atoms with van der Waals surface area (Å²) in [5.41, 5.74) is 1.42. The molecule has 1 aromatic rings. The molecule has 0 aliphatic heterocycles. The van der Waals surface area contributed by atoms with Crippen LogP contribution in [0.2, 0.25) is 0 Å². The third-order valence-electron chi connectivity index (χ3n) is 4.05. The molecule has 0 spiro atoms. The van der Waals surface area contributed by atoms with Crippen molar-refractivity contribution in [1.29, 1.82) is 0 Å². The molecule has 1 atom stereocenters. The molecule has 0 amide bonds. The summed E-state index contributed by atoms with van der Waals surface area (Å²) >= 11 is 0. The Bertz CT molecular complexity index is 535. The summed E-state index contributed by atoms with van der Waals surface area (Å²) in [5, 5.41) is 5.08. The van der Waals surface area contributed by atoms with Gasteiger partial charge in [-0.25, -0.2) is 13.6 Å². The van der Waals surface area contributed by atoms with E-state index in [1.165, 1.54) is 5.56 Å². The van der Waals surface area contributed by atoms with Crippen molar-refractivity contribution >= 4 is 10.0 Å². The Morgan fingerprint density at radius 3 is 2.19 bits per heavy atom. The van der Waals surface area contributed by atoms with Crippen molar-refractivity contribution in [3.63, 3.8) is 0 Å². The van der Waals surface area contributed by atoms with E-state index in [4.69, 9.17) is 9.88 Å². The van der Waals surface area contributed by atoms with E-state index in [2.05, 4.69) is 32.9 Å². The quantitative estimate of drug-likeness (QED) is 0.802. The fourth-order valence-electron chi connectivity index (χ4n) is 2.03. The number of rotatable bonds is 8. The van der Waals surface area contributed by atoms with Gasteiger partial charge in [0.1, 0.15) is 5.75 Å². The molecule has 0 saturated heterocycles. The van der Waals surface area contributed by atoms with Gasteiger partial charge in [-0.15, -0.1) is 0 Å². The molecule has 1 aromatic carbocycles. The molecule has 0 radical (unpaired) electrons. The summed E-state index contributed by atoms with van der Waals surface area (Å²) in [6, 6.07) is 8.02. The van der Waals surface area contributed by atoms with E-state index in [1.54, 1.807) is 0 Å². The molecule has 1 unspecified atom stereocenters. The van der Waals surface area contributed by atoms with E-state index in [1.807, 2.05) is 19.1 Å². The monoisotopic (exact) mass is 313 g/mol. The van der Waals surface area contributed by atoms with E-state index < -0.39 is 10.0 Å². The number of sulfonamides is 1. The SMILES string of the molecule is CCC(COc1ccc(C(C)(C)CC)cc1)CS(N)(=O)=O. The molecule has 4 nitrogen and oxygen atoms in total. The van der Waals surface area contributed by atoms with E-state index in [0.29, 0.717) is 6.61 Å². The van der Waals surface area contributed by atoms with Gasteiger partial charge in [0.25, 0.3) is 0 Å². The first-order valence-corrected chi connectivity index (χ1v) is 9.13. The topological polar surface area (TPSA) is 69.4 Å². The van der Waals surface area contributed by atoms with Crippen LogP contribution in [0.4, 0.5) is 0 Å². The molecule has 120 valence electrons. The second-order valence-electron chi connectivity index (χ2n) is 6.18. The van der Waals surface area contributed by atoms with Crippen LogP contribution in [-0.2, 0) is 15.4 Å².